The maximum Gasteiger partial charge on any atom is 0.0601 e. The molecule has 16 heavy (non-hydrogen) atoms. The molecule has 0 aromatic carbocycles. The molecule has 1 aliphatic carbocycles. The molecule has 3 atom stereocenters. The van der Waals surface area contributed by atoms with Gasteiger partial charge in [0.25, 0.3) is 0 Å². The third-order valence-electron chi connectivity index (χ3n) is 3.40. The lowest BCUT2D eigenvalue weighted by Crippen LogP contribution is -2.33. The molecule has 1 saturated carbocycles. The van der Waals surface area contributed by atoms with E-state index in [1.54, 1.807) is 0 Å². The highest BCUT2D eigenvalue weighted by atomic mass is 32.2. The Morgan fingerprint density at radius 1 is 1.50 bits per heavy atom. The van der Waals surface area contributed by atoms with Crippen LogP contribution in [-0.4, -0.2) is 17.8 Å². The maximum absolute atomic E-state index is 3.68. The normalized spacial score (nSPS) is 29.8. The second kappa shape index (κ2) is 6.08. The predicted molar refractivity (Wildman–Crippen MR) is 74.4 cm³/mol. The number of nitrogens with one attached hydrogen (secondary N) is 1. The number of rotatable bonds is 5. The van der Waals surface area contributed by atoms with Gasteiger partial charge in [-0.15, -0.1) is 23.1 Å². The van der Waals surface area contributed by atoms with Gasteiger partial charge in [-0.25, -0.2) is 0 Å². The summed E-state index contributed by atoms with van der Waals surface area (Å²) < 4.78 is 1.48. The van der Waals surface area contributed by atoms with E-state index in [2.05, 4.69) is 48.4 Å². The van der Waals surface area contributed by atoms with Crippen molar-refractivity contribution in [2.75, 3.05) is 6.54 Å². The van der Waals surface area contributed by atoms with E-state index >= 15 is 0 Å². The molecule has 3 heteroatoms. The number of thiophene rings is 1. The first-order valence-corrected chi connectivity index (χ1v) is 8.00. The lowest BCUT2D eigenvalue weighted by molar-refractivity contribution is 0.432. The Kier molecular flexibility index (Phi) is 4.74. The molecule has 1 aromatic rings. The lowest BCUT2D eigenvalue weighted by Gasteiger charge is -2.20. The second-order valence-electron chi connectivity index (χ2n) is 4.59. The molecule has 0 spiro atoms. The first-order chi connectivity index (χ1) is 7.81. The molecule has 1 fully saturated rings. The van der Waals surface area contributed by atoms with Crippen molar-refractivity contribution in [2.24, 2.45) is 5.92 Å². The van der Waals surface area contributed by atoms with Crippen LogP contribution in [0.25, 0.3) is 0 Å². The van der Waals surface area contributed by atoms with Gasteiger partial charge in [-0.2, -0.15) is 0 Å². The molecular formula is C13H21NS2. The summed E-state index contributed by atoms with van der Waals surface area (Å²) in [5, 5.41) is 6.67. The standard InChI is InChI=1S/C13H21NS2/c1-3-8-14-11-6-7-12(10(11)2)16-13-5-4-9-15-13/h4-5,9-12,14H,3,6-8H2,1-2H3. The quantitative estimate of drug-likeness (QED) is 0.853. The average molecular weight is 255 g/mol. The Hall–Kier alpha value is 0.01000. The van der Waals surface area contributed by atoms with E-state index in [4.69, 9.17) is 0 Å². The molecule has 0 radical (unpaired) electrons. The van der Waals surface area contributed by atoms with E-state index in [0.717, 1.165) is 17.2 Å². The molecule has 0 aliphatic heterocycles. The van der Waals surface area contributed by atoms with E-state index in [1.165, 1.54) is 30.0 Å². The monoisotopic (exact) mass is 255 g/mol. The molecule has 90 valence electrons. The van der Waals surface area contributed by atoms with Gasteiger partial charge >= 0.3 is 0 Å². The summed E-state index contributed by atoms with van der Waals surface area (Å²) in [4.78, 5) is 0. The van der Waals surface area contributed by atoms with Crippen molar-refractivity contribution in [3.8, 4) is 0 Å². The van der Waals surface area contributed by atoms with Crippen molar-refractivity contribution >= 4 is 23.1 Å². The van der Waals surface area contributed by atoms with Gasteiger partial charge in [-0.05, 0) is 43.2 Å². The molecule has 1 aromatic heterocycles. The third-order valence-corrected chi connectivity index (χ3v) is 5.98. The zero-order valence-electron chi connectivity index (χ0n) is 10.1. The molecule has 0 saturated heterocycles. The van der Waals surface area contributed by atoms with Gasteiger partial charge in [0.05, 0.1) is 4.21 Å². The summed E-state index contributed by atoms with van der Waals surface area (Å²) in [7, 11) is 0. The van der Waals surface area contributed by atoms with E-state index in [-0.39, 0.29) is 0 Å². The summed E-state index contributed by atoms with van der Waals surface area (Å²) in [5.74, 6) is 0.804. The number of hydrogen-bond donors (Lipinski definition) is 1. The van der Waals surface area contributed by atoms with Crippen LogP contribution in [0.4, 0.5) is 0 Å². The van der Waals surface area contributed by atoms with Gasteiger partial charge in [-0.1, -0.05) is 19.9 Å². The highest BCUT2D eigenvalue weighted by molar-refractivity contribution is 8.01. The van der Waals surface area contributed by atoms with Crippen LogP contribution in [0.3, 0.4) is 0 Å². The van der Waals surface area contributed by atoms with E-state index in [1.807, 2.05) is 11.3 Å². The van der Waals surface area contributed by atoms with Crippen LogP contribution in [0.1, 0.15) is 33.1 Å². The lowest BCUT2D eigenvalue weighted by atomic mass is 10.1. The minimum absolute atomic E-state index is 0.748. The van der Waals surface area contributed by atoms with Crippen molar-refractivity contribution in [3.63, 3.8) is 0 Å². The fraction of sp³-hybridized carbons (Fsp3) is 0.692. The summed E-state index contributed by atoms with van der Waals surface area (Å²) >= 11 is 3.96. The summed E-state index contributed by atoms with van der Waals surface area (Å²) in [6.45, 7) is 5.82. The first-order valence-electron chi connectivity index (χ1n) is 6.24. The average Bonchev–Trinajstić information content (AvgIpc) is 2.89. The van der Waals surface area contributed by atoms with E-state index < -0.39 is 0 Å². The molecule has 2 rings (SSSR count). The van der Waals surface area contributed by atoms with Crippen LogP contribution in [0.15, 0.2) is 21.7 Å². The molecule has 1 nitrogen and oxygen atoms in total. The third kappa shape index (κ3) is 3.02. The van der Waals surface area contributed by atoms with Crippen molar-refractivity contribution < 1.29 is 0 Å². The van der Waals surface area contributed by atoms with Crippen molar-refractivity contribution in [1.29, 1.82) is 0 Å². The summed E-state index contributed by atoms with van der Waals surface area (Å²) in [6, 6.07) is 5.14. The Labute approximate surface area is 107 Å². The van der Waals surface area contributed by atoms with Crippen molar-refractivity contribution in [1.82, 2.24) is 5.32 Å². The minimum atomic E-state index is 0.748. The SMILES string of the molecule is CCCNC1CCC(Sc2cccs2)C1C. The molecular weight excluding hydrogens is 234 g/mol. The van der Waals surface area contributed by atoms with Crippen LogP contribution in [0.5, 0.6) is 0 Å². The number of thioether (sulfide) groups is 1. The van der Waals surface area contributed by atoms with Crippen LogP contribution >= 0.6 is 23.1 Å². The van der Waals surface area contributed by atoms with Gasteiger partial charge in [0, 0.05) is 11.3 Å². The van der Waals surface area contributed by atoms with E-state index in [9.17, 15) is 0 Å². The highest BCUT2D eigenvalue weighted by Crippen LogP contribution is 2.40. The topological polar surface area (TPSA) is 12.0 Å². The Morgan fingerprint density at radius 2 is 2.38 bits per heavy atom. The molecule has 1 aliphatic rings. The number of hydrogen-bond acceptors (Lipinski definition) is 3. The Morgan fingerprint density at radius 3 is 3.06 bits per heavy atom. The fourth-order valence-electron chi connectivity index (χ4n) is 2.39. The second-order valence-corrected chi connectivity index (χ2v) is 7.07. The van der Waals surface area contributed by atoms with Crippen LogP contribution in [0.2, 0.25) is 0 Å². The molecule has 1 heterocycles. The van der Waals surface area contributed by atoms with E-state index in [0.29, 0.717) is 0 Å². The molecule has 0 amide bonds. The fourth-order valence-corrected chi connectivity index (χ4v) is 4.71. The van der Waals surface area contributed by atoms with Crippen LogP contribution < -0.4 is 5.32 Å². The van der Waals surface area contributed by atoms with Crippen LogP contribution in [-0.2, 0) is 0 Å². The molecule has 3 unspecified atom stereocenters. The molecule has 0 bridgehead atoms. The minimum Gasteiger partial charge on any atom is -0.314 e. The first kappa shape index (κ1) is 12.5. The van der Waals surface area contributed by atoms with Gasteiger partial charge in [0.1, 0.15) is 0 Å². The van der Waals surface area contributed by atoms with Crippen molar-refractivity contribution in [2.45, 2.75) is 48.6 Å². The maximum atomic E-state index is 3.68. The van der Waals surface area contributed by atoms with Crippen LogP contribution in [0, 0.1) is 5.92 Å². The Balaban J connectivity index is 1.84. The summed E-state index contributed by atoms with van der Waals surface area (Å²) in [6.07, 6.45) is 3.96. The van der Waals surface area contributed by atoms with Gasteiger partial charge in [0.2, 0.25) is 0 Å². The molecule has 1 N–H and O–H groups in total. The largest absolute Gasteiger partial charge is 0.314 e. The predicted octanol–water partition coefficient (Wildman–Crippen LogP) is 4.01. The zero-order valence-corrected chi connectivity index (χ0v) is 11.7. The van der Waals surface area contributed by atoms with Gasteiger partial charge in [0.15, 0.2) is 0 Å². The smallest absolute Gasteiger partial charge is 0.0601 e. The Bertz CT molecular complexity index is 297. The highest BCUT2D eigenvalue weighted by Gasteiger charge is 2.32. The zero-order chi connectivity index (χ0) is 11.4. The van der Waals surface area contributed by atoms with Crippen molar-refractivity contribution in [3.05, 3.63) is 17.5 Å². The summed E-state index contributed by atoms with van der Waals surface area (Å²) in [5.41, 5.74) is 0. The van der Waals surface area contributed by atoms with Gasteiger partial charge in [-0.3, -0.25) is 0 Å². The van der Waals surface area contributed by atoms with Gasteiger partial charge < -0.3 is 5.32 Å².